The number of carbonyl (C=O) groups is 2. The third kappa shape index (κ3) is 3.51. The second kappa shape index (κ2) is 7.41. The molecule has 1 amide bonds. The molecule has 3 heterocycles. The zero-order valence-electron chi connectivity index (χ0n) is 17.1. The van der Waals surface area contributed by atoms with Crippen molar-refractivity contribution in [1.29, 1.82) is 0 Å². The Morgan fingerprint density at radius 3 is 2.50 bits per heavy atom. The SMILES string of the molecule is CCN1CCC2(CC1)OC(=O)C(C)=C2C(=O)N1CCc2cc(C(F)(F)F)ccc2C1. The number of hydrogen-bond acceptors (Lipinski definition) is 4. The van der Waals surface area contributed by atoms with Gasteiger partial charge < -0.3 is 14.5 Å². The number of esters is 1. The number of likely N-dealkylation sites (tertiary alicyclic amines) is 1. The van der Waals surface area contributed by atoms with Gasteiger partial charge in [-0.1, -0.05) is 13.0 Å². The molecule has 3 aliphatic rings. The van der Waals surface area contributed by atoms with E-state index in [1.807, 2.05) is 0 Å². The highest BCUT2D eigenvalue weighted by atomic mass is 19.4. The van der Waals surface area contributed by atoms with Crippen molar-refractivity contribution >= 4 is 11.9 Å². The normalized spacial score (nSPS) is 21.8. The number of piperidine rings is 1. The van der Waals surface area contributed by atoms with Crippen LogP contribution >= 0.6 is 0 Å². The Morgan fingerprint density at radius 1 is 1.17 bits per heavy atom. The zero-order valence-corrected chi connectivity index (χ0v) is 17.1. The second-order valence-electron chi connectivity index (χ2n) is 8.28. The number of carbonyl (C=O) groups excluding carboxylic acids is 2. The van der Waals surface area contributed by atoms with E-state index in [9.17, 15) is 22.8 Å². The lowest BCUT2D eigenvalue weighted by Gasteiger charge is -2.40. The first-order chi connectivity index (χ1) is 14.1. The van der Waals surface area contributed by atoms with Crippen LogP contribution in [-0.2, 0) is 33.5 Å². The monoisotopic (exact) mass is 422 g/mol. The number of amides is 1. The van der Waals surface area contributed by atoms with Gasteiger partial charge in [-0.2, -0.15) is 13.2 Å². The van der Waals surface area contributed by atoms with Crippen molar-refractivity contribution in [2.75, 3.05) is 26.2 Å². The molecular weight excluding hydrogens is 397 g/mol. The Kier molecular flexibility index (Phi) is 5.16. The van der Waals surface area contributed by atoms with Gasteiger partial charge in [0.15, 0.2) is 0 Å². The Bertz CT molecular complexity index is 915. The summed E-state index contributed by atoms with van der Waals surface area (Å²) >= 11 is 0. The zero-order chi connectivity index (χ0) is 21.7. The largest absolute Gasteiger partial charge is 0.450 e. The molecule has 1 aromatic carbocycles. The summed E-state index contributed by atoms with van der Waals surface area (Å²) in [5.74, 6) is -0.690. The number of hydrogen-bond donors (Lipinski definition) is 0. The van der Waals surface area contributed by atoms with Gasteiger partial charge in [0.1, 0.15) is 5.60 Å². The van der Waals surface area contributed by atoms with E-state index in [-0.39, 0.29) is 12.5 Å². The number of rotatable bonds is 2. The predicted molar refractivity (Wildman–Crippen MR) is 103 cm³/mol. The fraction of sp³-hybridized carbons (Fsp3) is 0.545. The van der Waals surface area contributed by atoms with Crippen LogP contribution in [0.4, 0.5) is 13.2 Å². The molecule has 1 saturated heterocycles. The molecular formula is C22H25F3N2O3. The van der Waals surface area contributed by atoms with E-state index >= 15 is 0 Å². The molecule has 1 fully saturated rings. The average molecular weight is 422 g/mol. The molecule has 3 aliphatic heterocycles. The van der Waals surface area contributed by atoms with E-state index in [1.165, 1.54) is 12.1 Å². The van der Waals surface area contributed by atoms with Crippen LogP contribution in [0.15, 0.2) is 29.3 Å². The first-order valence-electron chi connectivity index (χ1n) is 10.3. The van der Waals surface area contributed by atoms with Crippen molar-refractivity contribution in [3.05, 3.63) is 46.0 Å². The fourth-order valence-corrected chi connectivity index (χ4v) is 4.75. The van der Waals surface area contributed by atoms with Gasteiger partial charge in [-0.25, -0.2) is 4.79 Å². The van der Waals surface area contributed by atoms with Crippen LogP contribution in [0.25, 0.3) is 0 Å². The first-order valence-corrected chi connectivity index (χ1v) is 10.3. The van der Waals surface area contributed by atoms with Gasteiger partial charge in [0, 0.05) is 44.6 Å². The van der Waals surface area contributed by atoms with E-state index in [1.54, 1.807) is 11.8 Å². The summed E-state index contributed by atoms with van der Waals surface area (Å²) in [6.07, 6.45) is -2.89. The Balaban J connectivity index is 1.58. The molecule has 1 aromatic rings. The summed E-state index contributed by atoms with van der Waals surface area (Å²) in [4.78, 5) is 29.7. The van der Waals surface area contributed by atoms with Gasteiger partial charge in [-0.15, -0.1) is 0 Å². The van der Waals surface area contributed by atoms with E-state index in [0.29, 0.717) is 48.1 Å². The van der Waals surface area contributed by atoms with Crippen molar-refractivity contribution in [3.8, 4) is 0 Å². The third-order valence-electron chi connectivity index (χ3n) is 6.58. The molecule has 30 heavy (non-hydrogen) atoms. The highest BCUT2D eigenvalue weighted by Crippen LogP contribution is 2.42. The second-order valence-corrected chi connectivity index (χ2v) is 8.28. The van der Waals surface area contributed by atoms with Crippen molar-refractivity contribution in [1.82, 2.24) is 9.80 Å². The van der Waals surface area contributed by atoms with E-state index in [4.69, 9.17) is 4.74 Å². The lowest BCUT2D eigenvalue weighted by atomic mass is 9.82. The maximum atomic E-state index is 13.5. The topological polar surface area (TPSA) is 49.9 Å². The van der Waals surface area contributed by atoms with Gasteiger partial charge in [0.05, 0.1) is 11.1 Å². The Morgan fingerprint density at radius 2 is 1.87 bits per heavy atom. The van der Waals surface area contributed by atoms with Crippen LogP contribution in [0, 0.1) is 0 Å². The van der Waals surface area contributed by atoms with Crippen molar-refractivity contribution in [2.24, 2.45) is 0 Å². The minimum absolute atomic E-state index is 0.231. The van der Waals surface area contributed by atoms with Gasteiger partial charge in [-0.05, 0) is 43.1 Å². The molecule has 8 heteroatoms. The molecule has 0 bridgehead atoms. The minimum atomic E-state index is -4.38. The highest BCUT2D eigenvalue weighted by Gasteiger charge is 2.51. The molecule has 0 aliphatic carbocycles. The minimum Gasteiger partial charge on any atom is -0.450 e. The fourth-order valence-electron chi connectivity index (χ4n) is 4.75. The number of nitrogens with zero attached hydrogens (tertiary/aromatic N) is 2. The molecule has 5 nitrogen and oxygen atoms in total. The van der Waals surface area contributed by atoms with Crippen LogP contribution in [0.3, 0.4) is 0 Å². The summed E-state index contributed by atoms with van der Waals surface area (Å²) in [7, 11) is 0. The number of ether oxygens (including phenoxy) is 1. The summed E-state index contributed by atoms with van der Waals surface area (Å²) in [6, 6.07) is 3.68. The molecule has 0 unspecified atom stereocenters. The highest BCUT2D eigenvalue weighted by molar-refractivity contribution is 6.07. The van der Waals surface area contributed by atoms with Crippen molar-refractivity contribution in [2.45, 2.75) is 51.4 Å². The van der Waals surface area contributed by atoms with Crippen LogP contribution in [0.1, 0.15) is 43.4 Å². The van der Waals surface area contributed by atoms with Gasteiger partial charge in [-0.3, -0.25) is 4.79 Å². The predicted octanol–water partition coefficient (Wildman–Crippen LogP) is 3.32. The molecule has 1 spiro atoms. The summed E-state index contributed by atoms with van der Waals surface area (Å²) in [6.45, 7) is 6.64. The van der Waals surface area contributed by atoms with Gasteiger partial charge in [0.25, 0.3) is 5.91 Å². The van der Waals surface area contributed by atoms with Crippen LogP contribution in [0.5, 0.6) is 0 Å². The molecule has 0 N–H and O–H groups in total. The molecule has 0 radical (unpaired) electrons. The number of halogens is 3. The molecule has 0 saturated carbocycles. The van der Waals surface area contributed by atoms with Crippen LogP contribution in [-0.4, -0.2) is 53.5 Å². The third-order valence-corrected chi connectivity index (χ3v) is 6.58. The summed E-state index contributed by atoms with van der Waals surface area (Å²) < 4.78 is 44.7. The lowest BCUT2D eigenvalue weighted by molar-refractivity contribution is -0.151. The number of benzene rings is 1. The lowest BCUT2D eigenvalue weighted by Crippen LogP contribution is -2.49. The van der Waals surface area contributed by atoms with Crippen LogP contribution < -0.4 is 0 Å². The number of fused-ring (bicyclic) bond motifs is 1. The number of alkyl halides is 3. The molecule has 162 valence electrons. The van der Waals surface area contributed by atoms with E-state index < -0.39 is 23.3 Å². The Hall–Kier alpha value is -2.35. The quantitative estimate of drug-likeness (QED) is 0.687. The van der Waals surface area contributed by atoms with Gasteiger partial charge >= 0.3 is 12.1 Å². The Labute approximate surface area is 173 Å². The van der Waals surface area contributed by atoms with Crippen LogP contribution in [0.2, 0.25) is 0 Å². The van der Waals surface area contributed by atoms with Crippen molar-refractivity contribution in [3.63, 3.8) is 0 Å². The average Bonchev–Trinajstić information content (AvgIpc) is 2.96. The summed E-state index contributed by atoms with van der Waals surface area (Å²) in [5, 5.41) is 0. The molecule has 0 atom stereocenters. The smallest absolute Gasteiger partial charge is 0.416 e. The standard InChI is InChI=1S/C22H25F3N2O3/c1-3-26-10-7-21(8-11-26)18(14(2)20(29)30-21)19(28)27-9-6-15-12-17(22(23,24)25)5-4-16(15)13-27/h4-5,12H,3,6-11,13H2,1-2H3. The van der Waals surface area contributed by atoms with E-state index in [0.717, 1.165) is 25.7 Å². The maximum Gasteiger partial charge on any atom is 0.416 e. The maximum absolute atomic E-state index is 13.5. The molecule has 0 aromatic heterocycles. The first kappa shape index (κ1) is 20.9. The van der Waals surface area contributed by atoms with Crippen molar-refractivity contribution < 1.29 is 27.5 Å². The van der Waals surface area contributed by atoms with Gasteiger partial charge in [0.2, 0.25) is 0 Å². The summed E-state index contributed by atoms with van der Waals surface area (Å²) in [5.41, 5.74) is 0.549. The molecule has 4 rings (SSSR count). The van der Waals surface area contributed by atoms with E-state index in [2.05, 4.69) is 11.8 Å².